The van der Waals surface area contributed by atoms with E-state index in [0.29, 0.717) is 0 Å². The Bertz CT molecular complexity index is 3220. The van der Waals surface area contributed by atoms with Crippen molar-refractivity contribution in [2.75, 3.05) is 0 Å². The molecule has 0 fully saturated rings. The lowest BCUT2D eigenvalue weighted by Gasteiger charge is -2.11. The molecule has 0 aliphatic heterocycles. The first-order chi connectivity index (χ1) is 26.7. The van der Waals surface area contributed by atoms with Crippen LogP contribution in [0.3, 0.4) is 0 Å². The second-order valence-electron chi connectivity index (χ2n) is 14.0. The number of aromatic amines is 1. The van der Waals surface area contributed by atoms with E-state index in [9.17, 15) is 0 Å². The largest absolute Gasteiger partial charge is 0.354 e. The van der Waals surface area contributed by atoms with E-state index in [1.165, 1.54) is 38.2 Å². The Morgan fingerprint density at radius 3 is 1.98 bits per heavy atom. The number of para-hydroxylation sites is 4. The zero-order chi connectivity index (χ0) is 35.8. The van der Waals surface area contributed by atoms with Gasteiger partial charge in [-0.15, -0.1) is 0 Å². The van der Waals surface area contributed by atoms with Gasteiger partial charge in [0.2, 0.25) is 0 Å². The average molecular weight is 692 g/mol. The van der Waals surface area contributed by atoms with Crippen molar-refractivity contribution in [1.82, 2.24) is 24.1 Å². The van der Waals surface area contributed by atoms with Crippen LogP contribution in [0.4, 0.5) is 0 Å². The zero-order valence-electron chi connectivity index (χ0n) is 29.5. The molecule has 0 aliphatic carbocycles. The van der Waals surface area contributed by atoms with Crippen LogP contribution < -0.4 is 0 Å². The molecule has 4 aromatic heterocycles. The van der Waals surface area contributed by atoms with Gasteiger partial charge < -0.3 is 4.98 Å². The number of benzene rings is 7. The van der Waals surface area contributed by atoms with E-state index in [4.69, 9.17) is 9.97 Å². The Morgan fingerprint density at radius 2 is 1.17 bits per heavy atom. The number of hydrogen-bond donors (Lipinski definition) is 1. The molecular weight excluding hydrogens is 659 g/mol. The smallest absolute Gasteiger partial charge is 0.147 e. The maximum absolute atomic E-state index is 5.54. The zero-order valence-corrected chi connectivity index (χ0v) is 29.5. The van der Waals surface area contributed by atoms with Crippen LogP contribution in [-0.4, -0.2) is 24.1 Å². The Balaban J connectivity index is 1.17. The first-order valence-corrected chi connectivity index (χ1v) is 18.3. The van der Waals surface area contributed by atoms with Crippen molar-refractivity contribution in [2.24, 2.45) is 0 Å². The van der Waals surface area contributed by atoms with Gasteiger partial charge in [0.1, 0.15) is 11.6 Å². The van der Waals surface area contributed by atoms with E-state index in [1.54, 1.807) is 0 Å². The topological polar surface area (TPSA) is 51.4 Å². The first-order valence-electron chi connectivity index (χ1n) is 18.3. The maximum Gasteiger partial charge on any atom is 0.147 e. The minimum absolute atomic E-state index is 0.897. The second-order valence-corrected chi connectivity index (χ2v) is 14.0. The van der Waals surface area contributed by atoms with Crippen LogP contribution in [0.15, 0.2) is 176 Å². The summed E-state index contributed by atoms with van der Waals surface area (Å²) in [6, 6.07) is 60.5. The summed E-state index contributed by atoms with van der Waals surface area (Å²) >= 11 is 0. The summed E-state index contributed by atoms with van der Waals surface area (Å²) < 4.78 is 4.62. The number of aromatic nitrogens is 5. The Morgan fingerprint density at radius 1 is 0.481 bits per heavy atom. The van der Waals surface area contributed by atoms with Gasteiger partial charge in [-0.25, -0.2) is 9.97 Å². The number of nitrogens with zero attached hydrogens (tertiary/aromatic N) is 4. The maximum atomic E-state index is 5.54. The molecule has 0 aliphatic rings. The normalized spacial score (nSPS) is 11.8. The molecule has 0 spiro atoms. The number of imidazole rings is 1. The Labute approximate surface area is 311 Å². The predicted octanol–water partition coefficient (Wildman–Crippen LogP) is 12.5. The third-order valence-electron chi connectivity index (χ3n) is 10.8. The van der Waals surface area contributed by atoms with Gasteiger partial charge in [0.15, 0.2) is 0 Å². The van der Waals surface area contributed by atoms with Crippen molar-refractivity contribution in [3.8, 4) is 45.1 Å². The van der Waals surface area contributed by atoms with Crippen molar-refractivity contribution in [3.63, 3.8) is 0 Å². The summed E-state index contributed by atoms with van der Waals surface area (Å²) in [5.41, 5.74) is 14.3. The van der Waals surface area contributed by atoms with Crippen LogP contribution in [0.1, 0.15) is 5.56 Å². The van der Waals surface area contributed by atoms with Crippen LogP contribution >= 0.6 is 0 Å². The molecule has 4 heterocycles. The number of pyridine rings is 1. The van der Waals surface area contributed by atoms with Gasteiger partial charge in [0.05, 0.1) is 27.6 Å². The van der Waals surface area contributed by atoms with Gasteiger partial charge in [0.25, 0.3) is 0 Å². The highest BCUT2D eigenvalue weighted by molar-refractivity contribution is 6.13. The lowest BCUT2D eigenvalue weighted by Crippen LogP contribution is -1.98. The molecule has 0 saturated carbocycles. The van der Waals surface area contributed by atoms with Gasteiger partial charge in [-0.1, -0.05) is 115 Å². The quantitative estimate of drug-likeness (QED) is 0.195. The van der Waals surface area contributed by atoms with E-state index in [2.05, 4.69) is 191 Å². The fourth-order valence-corrected chi connectivity index (χ4v) is 8.30. The predicted molar refractivity (Wildman–Crippen MR) is 224 cm³/mol. The number of nitrogens with one attached hydrogen (secondary N) is 1. The van der Waals surface area contributed by atoms with Gasteiger partial charge in [-0.05, 0) is 83.8 Å². The van der Waals surface area contributed by atoms with Crippen LogP contribution in [0.5, 0.6) is 0 Å². The molecule has 0 radical (unpaired) electrons. The molecule has 54 heavy (non-hydrogen) atoms. The SMILES string of the molecule is Cc1ccnc(-n2c3cc(-c4ccccc4)ccc3c3ccc(-c4cccc5c4nc(-c4cccc6c4[nH]c4ccccc46)n5-c4ccccc4)cc32)c1. The Hall–Kier alpha value is -7.24. The highest BCUT2D eigenvalue weighted by Crippen LogP contribution is 2.41. The number of rotatable bonds is 5. The standard InChI is InChI=1S/C49H33N5/c1-31-26-27-50-46(28-31)54-44-29-33(32-12-4-2-5-13-32)22-24-38(44)39-25-23-34(30-45(39)54)36-17-11-21-43-48(36)52-49(53(43)35-14-6-3-7-15-35)41-19-10-18-40-37-16-8-9-20-42(37)51-47(40)41/h2-30,51H,1H3. The molecule has 11 rings (SSSR count). The van der Waals surface area contributed by atoms with Crippen molar-refractivity contribution < 1.29 is 0 Å². The summed E-state index contributed by atoms with van der Waals surface area (Å²) in [6.07, 6.45) is 1.90. The van der Waals surface area contributed by atoms with E-state index in [1.807, 2.05) is 6.20 Å². The Kier molecular flexibility index (Phi) is 6.70. The molecule has 254 valence electrons. The molecule has 0 unspecified atom stereocenters. The number of aryl methyl sites for hydroxylation is 1. The van der Waals surface area contributed by atoms with Gasteiger partial charge in [-0.2, -0.15) is 0 Å². The number of hydrogen-bond acceptors (Lipinski definition) is 2. The van der Waals surface area contributed by atoms with Crippen molar-refractivity contribution in [2.45, 2.75) is 6.92 Å². The van der Waals surface area contributed by atoms with Crippen molar-refractivity contribution in [3.05, 3.63) is 182 Å². The summed E-state index contributed by atoms with van der Waals surface area (Å²) in [5, 5.41) is 4.78. The van der Waals surface area contributed by atoms with Crippen LogP contribution in [-0.2, 0) is 0 Å². The summed E-state index contributed by atoms with van der Waals surface area (Å²) in [6.45, 7) is 2.12. The molecule has 0 atom stereocenters. The monoisotopic (exact) mass is 691 g/mol. The van der Waals surface area contributed by atoms with Gasteiger partial charge in [0, 0.05) is 50.1 Å². The summed E-state index contributed by atoms with van der Waals surface area (Å²) in [5.74, 6) is 1.80. The molecule has 7 aromatic carbocycles. The molecule has 5 nitrogen and oxygen atoms in total. The van der Waals surface area contributed by atoms with E-state index in [-0.39, 0.29) is 0 Å². The third-order valence-corrected chi connectivity index (χ3v) is 10.8. The minimum Gasteiger partial charge on any atom is -0.354 e. The van der Waals surface area contributed by atoms with E-state index in [0.717, 1.165) is 67.1 Å². The van der Waals surface area contributed by atoms with E-state index >= 15 is 0 Å². The fourth-order valence-electron chi connectivity index (χ4n) is 8.30. The molecular formula is C49H33N5. The average Bonchev–Trinajstić information content (AvgIpc) is 3.91. The van der Waals surface area contributed by atoms with E-state index < -0.39 is 0 Å². The highest BCUT2D eigenvalue weighted by atomic mass is 15.1. The van der Waals surface area contributed by atoms with Crippen LogP contribution in [0.2, 0.25) is 0 Å². The number of H-pyrrole nitrogens is 1. The second kappa shape index (κ2) is 11.9. The third kappa shape index (κ3) is 4.65. The molecule has 0 bridgehead atoms. The van der Waals surface area contributed by atoms with Crippen molar-refractivity contribution >= 4 is 54.6 Å². The van der Waals surface area contributed by atoms with Crippen LogP contribution in [0.25, 0.3) is 99.8 Å². The lowest BCUT2D eigenvalue weighted by molar-refractivity contribution is 1.07. The van der Waals surface area contributed by atoms with Gasteiger partial charge in [-0.3, -0.25) is 9.13 Å². The first kappa shape index (κ1) is 30.4. The minimum atomic E-state index is 0.897. The van der Waals surface area contributed by atoms with Crippen molar-refractivity contribution in [1.29, 1.82) is 0 Å². The number of fused-ring (bicyclic) bond motifs is 7. The van der Waals surface area contributed by atoms with Gasteiger partial charge >= 0.3 is 0 Å². The molecule has 11 aromatic rings. The lowest BCUT2D eigenvalue weighted by atomic mass is 10.0. The van der Waals surface area contributed by atoms with Crippen LogP contribution in [0, 0.1) is 6.92 Å². The highest BCUT2D eigenvalue weighted by Gasteiger charge is 2.22. The molecule has 5 heteroatoms. The fraction of sp³-hybridized carbons (Fsp3) is 0.0204. The summed E-state index contributed by atoms with van der Waals surface area (Å²) in [7, 11) is 0. The molecule has 0 saturated heterocycles. The molecule has 1 N–H and O–H groups in total. The molecule has 0 amide bonds. The summed E-state index contributed by atoms with van der Waals surface area (Å²) in [4.78, 5) is 14.2.